The summed E-state index contributed by atoms with van der Waals surface area (Å²) >= 11 is 0. The van der Waals surface area contributed by atoms with Crippen LogP contribution in [0.15, 0.2) is 12.3 Å². The largest absolute Gasteiger partial charge is 0.387 e. The van der Waals surface area contributed by atoms with Gasteiger partial charge in [-0.3, -0.25) is 0 Å². The molecule has 2 aromatic heterocycles. The van der Waals surface area contributed by atoms with Gasteiger partial charge in [-0.2, -0.15) is 0 Å². The van der Waals surface area contributed by atoms with E-state index in [1.165, 1.54) is 0 Å². The number of rotatable bonds is 3. The van der Waals surface area contributed by atoms with Gasteiger partial charge in [0, 0.05) is 24.2 Å². The van der Waals surface area contributed by atoms with Crippen molar-refractivity contribution >= 4 is 11.2 Å². The number of fused-ring (bicyclic) bond motifs is 1. The zero-order chi connectivity index (χ0) is 11.7. The first-order chi connectivity index (χ1) is 7.61. The van der Waals surface area contributed by atoms with Gasteiger partial charge in [0.1, 0.15) is 5.82 Å². The van der Waals surface area contributed by atoms with Crippen LogP contribution in [-0.2, 0) is 0 Å². The van der Waals surface area contributed by atoms with Crippen LogP contribution in [0.25, 0.3) is 11.2 Å². The summed E-state index contributed by atoms with van der Waals surface area (Å²) in [4.78, 5) is 11.7. The Morgan fingerprint density at radius 3 is 2.88 bits per heavy atom. The van der Waals surface area contributed by atoms with Crippen LogP contribution >= 0.6 is 0 Å². The number of pyridine rings is 1. The fourth-order valence-corrected chi connectivity index (χ4v) is 1.53. The molecule has 0 aromatic carbocycles. The van der Waals surface area contributed by atoms with E-state index in [9.17, 15) is 5.11 Å². The quantitative estimate of drug-likeness (QED) is 0.722. The van der Waals surface area contributed by atoms with E-state index in [0.717, 1.165) is 11.3 Å². The molecule has 2 aromatic rings. The van der Waals surface area contributed by atoms with Crippen LogP contribution in [0, 0.1) is 0 Å². The molecule has 0 spiro atoms. The van der Waals surface area contributed by atoms with Crippen LogP contribution < -0.4 is 5.73 Å². The minimum atomic E-state index is -0.664. The van der Waals surface area contributed by atoms with Gasteiger partial charge in [0.2, 0.25) is 0 Å². The lowest BCUT2D eigenvalue weighted by molar-refractivity contribution is 0.186. The van der Waals surface area contributed by atoms with Crippen LogP contribution in [0.3, 0.4) is 0 Å². The molecule has 0 saturated heterocycles. The number of aliphatic hydroxyl groups excluding tert-OH is 1. The molecule has 0 aliphatic heterocycles. The summed E-state index contributed by atoms with van der Waals surface area (Å²) in [5.41, 5.74) is 7.63. The summed E-state index contributed by atoms with van der Waals surface area (Å²) in [6.07, 6.45) is 0.952. The molecule has 0 saturated carbocycles. The van der Waals surface area contributed by atoms with E-state index < -0.39 is 6.10 Å². The highest BCUT2D eigenvalue weighted by molar-refractivity contribution is 5.71. The molecule has 0 amide bonds. The van der Waals surface area contributed by atoms with Crippen molar-refractivity contribution in [2.75, 3.05) is 6.54 Å². The average molecular weight is 220 g/mol. The number of hydrogen-bond donors (Lipinski definition) is 3. The van der Waals surface area contributed by atoms with Crippen LogP contribution in [0.5, 0.6) is 0 Å². The fourth-order valence-electron chi connectivity index (χ4n) is 1.53. The first kappa shape index (κ1) is 11.0. The number of aromatic nitrogens is 3. The molecule has 16 heavy (non-hydrogen) atoms. The highest BCUT2D eigenvalue weighted by Gasteiger charge is 2.10. The van der Waals surface area contributed by atoms with Crippen molar-refractivity contribution in [3.05, 3.63) is 23.7 Å². The number of nitrogens with one attached hydrogen (secondary N) is 1. The van der Waals surface area contributed by atoms with Crippen molar-refractivity contribution in [3.8, 4) is 0 Å². The fraction of sp³-hybridized carbons (Fsp3) is 0.455. The Hall–Kier alpha value is -1.46. The summed E-state index contributed by atoms with van der Waals surface area (Å²) in [5.74, 6) is 1.24. The Kier molecular flexibility index (Phi) is 2.89. The first-order valence-corrected chi connectivity index (χ1v) is 5.35. The first-order valence-electron chi connectivity index (χ1n) is 5.35. The molecule has 1 unspecified atom stereocenters. The zero-order valence-electron chi connectivity index (χ0n) is 9.44. The van der Waals surface area contributed by atoms with Crippen molar-refractivity contribution in [2.24, 2.45) is 5.73 Å². The minimum Gasteiger partial charge on any atom is -0.387 e. The summed E-state index contributed by atoms with van der Waals surface area (Å²) in [7, 11) is 0. The second-order valence-electron chi connectivity index (χ2n) is 4.17. The second-order valence-corrected chi connectivity index (χ2v) is 4.17. The van der Waals surface area contributed by atoms with E-state index in [2.05, 4.69) is 28.8 Å². The number of imidazole rings is 1. The van der Waals surface area contributed by atoms with E-state index in [-0.39, 0.29) is 6.54 Å². The Morgan fingerprint density at radius 2 is 2.25 bits per heavy atom. The Labute approximate surface area is 93.7 Å². The zero-order valence-corrected chi connectivity index (χ0v) is 9.44. The predicted molar refractivity (Wildman–Crippen MR) is 62.0 cm³/mol. The topological polar surface area (TPSA) is 87.8 Å². The summed E-state index contributed by atoms with van der Waals surface area (Å²) < 4.78 is 0. The predicted octanol–water partition coefficient (Wildman–Crippen LogP) is 1.07. The molecular formula is C11H16N4O. The number of aromatic amines is 1. The molecule has 5 nitrogen and oxygen atoms in total. The Balaban J connectivity index is 2.45. The molecule has 0 fully saturated rings. The maximum Gasteiger partial charge on any atom is 0.177 e. The van der Waals surface area contributed by atoms with Gasteiger partial charge in [-0.05, 0) is 6.07 Å². The third-order valence-electron chi connectivity index (χ3n) is 2.53. The third kappa shape index (κ3) is 1.91. The molecule has 0 radical (unpaired) electrons. The van der Waals surface area contributed by atoms with Gasteiger partial charge in [0.15, 0.2) is 5.65 Å². The monoisotopic (exact) mass is 220 g/mol. The molecular weight excluding hydrogens is 204 g/mol. The van der Waals surface area contributed by atoms with Gasteiger partial charge in [0.05, 0.1) is 11.6 Å². The second kappa shape index (κ2) is 4.19. The van der Waals surface area contributed by atoms with E-state index in [1.54, 1.807) is 6.20 Å². The lowest BCUT2D eigenvalue weighted by atomic mass is 10.1. The normalized spacial score (nSPS) is 13.6. The molecule has 86 valence electrons. The van der Waals surface area contributed by atoms with Crippen LogP contribution in [0.4, 0.5) is 0 Å². The summed E-state index contributed by atoms with van der Waals surface area (Å²) in [5, 5.41) is 9.61. The van der Waals surface area contributed by atoms with Crippen molar-refractivity contribution in [1.82, 2.24) is 15.0 Å². The number of nitrogens with zero attached hydrogens (tertiary/aromatic N) is 2. The third-order valence-corrected chi connectivity index (χ3v) is 2.53. The number of nitrogens with two attached hydrogens (primary N) is 1. The average Bonchev–Trinajstić information content (AvgIpc) is 2.70. The van der Waals surface area contributed by atoms with E-state index >= 15 is 0 Å². The van der Waals surface area contributed by atoms with Crippen molar-refractivity contribution in [1.29, 1.82) is 0 Å². The maximum absolute atomic E-state index is 9.61. The Morgan fingerprint density at radius 1 is 1.50 bits per heavy atom. The number of aliphatic hydroxyl groups is 1. The summed E-state index contributed by atoms with van der Waals surface area (Å²) in [6.45, 7) is 4.32. The van der Waals surface area contributed by atoms with Gasteiger partial charge in [-0.25, -0.2) is 9.97 Å². The van der Waals surface area contributed by atoms with Gasteiger partial charge in [0.25, 0.3) is 0 Å². The van der Waals surface area contributed by atoms with Gasteiger partial charge in [-0.1, -0.05) is 13.8 Å². The van der Waals surface area contributed by atoms with E-state index in [1.807, 2.05) is 6.07 Å². The molecule has 2 rings (SSSR count). The smallest absolute Gasteiger partial charge is 0.177 e. The van der Waals surface area contributed by atoms with Gasteiger partial charge >= 0.3 is 0 Å². The van der Waals surface area contributed by atoms with E-state index in [4.69, 9.17) is 5.73 Å². The minimum absolute atomic E-state index is 0.193. The van der Waals surface area contributed by atoms with E-state index in [0.29, 0.717) is 17.1 Å². The molecule has 1 atom stereocenters. The highest BCUT2D eigenvalue weighted by atomic mass is 16.3. The SMILES string of the molecule is CC(C)c1nc2ncc(C(O)CN)cc2[nH]1. The van der Waals surface area contributed by atoms with Gasteiger partial charge in [-0.15, -0.1) is 0 Å². The highest BCUT2D eigenvalue weighted by Crippen LogP contribution is 2.19. The van der Waals surface area contributed by atoms with Crippen LogP contribution in [-0.4, -0.2) is 26.6 Å². The molecule has 2 heterocycles. The van der Waals surface area contributed by atoms with Gasteiger partial charge < -0.3 is 15.8 Å². The molecule has 0 aliphatic rings. The van der Waals surface area contributed by atoms with Crippen molar-refractivity contribution in [3.63, 3.8) is 0 Å². The number of H-pyrrole nitrogens is 1. The maximum atomic E-state index is 9.61. The lowest BCUT2D eigenvalue weighted by Crippen LogP contribution is -2.11. The van der Waals surface area contributed by atoms with Crippen LogP contribution in [0.2, 0.25) is 0 Å². The standard InChI is InChI=1S/C11H16N4O/c1-6(2)10-14-8-3-7(9(16)4-12)5-13-11(8)15-10/h3,5-6,9,16H,4,12H2,1-2H3,(H,13,14,15). The van der Waals surface area contributed by atoms with Crippen LogP contribution in [0.1, 0.15) is 37.3 Å². The Bertz CT molecular complexity index is 492. The van der Waals surface area contributed by atoms with Crippen molar-refractivity contribution < 1.29 is 5.11 Å². The molecule has 4 N–H and O–H groups in total. The summed E-state index contributed by atoms with van der Waals surface area (Å²) in [6, 6.07) is 1.85. The molecule has 0 aliphatic carbocycles. The number of hydrogen-bond acceptors (Lipinski definition) is 4. The molecule has 0 bridgehead atoms. The molecule has 5 heteroatoms. The lowest BCUT2D eigenvalue weighted by Gasteiger charge is -2.06. The van der Waals surface area contributed by atoms with Crippen molar-refractivity contribution in [2.45, 2.75) is 25.9 Å².